The Balaban J connectivity index is 1.62. The van der Waals surface area contributed by atoms with Crippen LogP contribution < -0.4 is 15.4 Å². The number of ether oxygens (including phenoxy) is 1. The first-order valence-corrected chi connectivity index (χ1v) is 11.2. The van der Waals surface area contributed by atoms with Crippen LogP contribution in [0, 0.1) is 0 Å². The Morgan fingerprint density at radius 3 is 2.41 bits per heavy atom. The molecule has 3 rings (SSSR count). The molecular weight excluding hydrogens is 402 g/mol. The number of hydrogen-bond donors (Lipinski definition) is 2. The van der Waals surface area contributed by atoms with Gasteiger partial charge in [0.1, 0.15) is 5.75 Å². The van der Waals surface area contributed by atoms with Gasteiger partial charge in [0.05, 0.1) is 13.2 Å². The summed E-state index contributed by atoms with van der Waals surface area (Å²) in [5.74, 6) is 1.67. The van der Waals surface area contributed by atoms with Crippen molar-refractivity contribution in [2.45, 2.75) is 25.4 Å². The Labute approximate surface area is 191 Å². The topological polar surface area (TPSA) is 69.2 Å². The molecule has 0 aliphatic carbocycles. The molecule has 1 saturated heterocycles. The number of nitrogens with zero attached hydrogens (tertiary/aromatic N) is 3. The lowest BCUT2D eigenvalue weighted by Crippen LogP contribution is -2.42. The molecule has 0 aromatic heterocycles. The first kappa shape index (κ1) is 23.6. The Hall–Kier alpha value is -3.06. The van der Waals surface area contributed by atoms with Crippen molar-refractivity contribution in [2.24, 2.45) is 4.99 Å². The summed E-state index contributed by atoms with van der Waals surface area (Å²) in [7, 11) is 7.02. The Morgan fingerprint density at radius 2 is 1.78 bits per heavy atom. The predicted molar refractivity (Wildman–Crippen MR) is 129 cm³/mol. The molecular formula is C25H35N5O2. The molecule has 1 heterocycles. The molecule has 0 radical (unpaired) electrons. The van der Waals surface area contributed by atoms with Crippen LogP contribution >= 0.6 is 0 Å². The van der Waals surface area contributed by atoms with Crippen molar-refractivity contribution in [1.29, 1.82) is 0 Å². The first-order chi connectivity index (χ1) is 15.5. The van der Waals surface area contributed by atoms with Gasteiger partial charge in [0, 0.05) is 45.4 Å². The van der Waals surface area contributed by atoms with Gasteiger partial charge in [-0.2, -0.15) is 0 Å². The van der Waals surface area contributed by atoms with Crippen LogP contribution in [-0.2, 0) is 6.54 Å². The van der Waals surface area contributed by atoms with E-state index in [1.807, 2.05) is 36.4 Å². The molecule has 1 unspecified atom stereocenters. The highest BCUT2D eigenvalue weighted by atomic mass is 16.5. The molecule has 7 nitrogen and oxygen atoms in total. The number of carbonyl (C=O) groups excluding carboxylic acids is 1. The Morgan fingerprint density at radius 1 is 1.09 bits per heavy atom. The molecule has 0 bridgehead atoms. The second kappa shape index (κ2) is 11.5. The number of guanidine groups is 1. The smallest absolute Gasteiger partial charge is 0.253 e. The van der Waals surface area contributed by atoms with Crippen LogP contribution in [0.1, 0.15) is 40.4 Å². The van der Waals surface area contributed by atoms with E-state index in [9.17, 15) is 4.79 Å². The van der Waals surface area contributed by atoms with Gasteiger partial charge in [-0.25, -0.2) is 0 Å². The number of methoxy groups -OCH3 is 1. The number of amides is 1. The quantitative estimate of drug-likeness (QED) is 0.491. The fourth-order valence-corrected chi connectivity index (χ4v) is 4.05. The summed E-state index contributed by atoms with van der Waals surface area (Å²) in [6.45, 7) is 3.54. The average Bonchev–Trinajstić information content (AvgIpc) is 3.36. The molecule has 0 spiro atoms. The van der Waals surface area contributed by atoms with Crippen molar-refractivity contribution >= 4 is 11.9 Å². The third kappa shape index (κ3) is 6.01. The average molecular weight is 438 g/mol. The van der Waals surface area contributed by atoms with E-state index in [4.69, 9.17) is 4.74 Å². The van der Waals surface area contributed by atoms with Crippen LogP contribution in [0.15, 0.2) is 53.5 Å². The van der Waals surface area contributed by atoms with Crippen molar-refractivity contribution < 1.29 is 9.53 Å². The zero-order valence-corrected chi connectivity index (χ0v) is 19.6. The molecule has 1 aliphatic rings. The maximum atomic E-state index is 12.1. The maximum absolute atomic E-state index is 12.1. The molecule has 1 amide bonds. The van der Waals surface area contributed by atoms with Crippen LogP contribution in [0.4, 0.5) is 0 Å². The molecule has 0 saturated carbocycles. The SMILES string of the molecule is CN=C(NCc1ccc(C(=O)N(C)C)cc1)NCC(c1ccccc1OC)N1CCCC1. The van der Waals surface area contributed by atoms with Gasteiger partial charge in [-0.15, -0.1) is 0 Å². The summed E-state index contributed by atoms with van der Waals surface area (Å²) in [6.07, 6.45) is 2.45. The molecule has 1 aliphatic heterocycles. The van der Waals surface area contributed by atoms with Crippen molar-refractivity contribution in [3.63, 3.8) is 0 Å². The summed E-state index contributed by atoms with van der Waals surface area (Å²) in [5, 5.41) is 6.87. The second-order valence-corrected chi connectivity index (χ2v) is 8.20. The van der Waals surface area contributed by atoms with Crippen molar-refractivity contribution in [3.05, 3.63) is 65.2 Å². The fourth-order valence-electron chi connectivity index (χ4n) is 4.05. The van der Waals surface area contributed by atoms with E-state index in [0.717, 1.165) is 36.9 Å². The summed E-state index contributed by atoms with van der Waals surface area (Å²) in [5.41, 5.74) is 2.97. The number of hydrogen-bond acceptors (Lipinski definition) is 4. The number of aliphatic imine (C=N–C) groups is 1. The van der Waals surface area contributed by atoms with Crippen LogP contribution in [0.3, 0.4) is 0 Å². The summed E-state index contributed by atoms with van der Waals surface area (Å²) >= 11 is 0. The largest absolute Gasteiger partial charge is 0.496 e. The molecule has 1 fully saturated rings. The van der Waals surface area contributed by atoms with Crippen LogP contribution in [0.2, 0.25) is 0 Å². The zero-order chi connectivity index (χ0) is 22.9. The van der Waals surface area contributed by atoms with Gasteiger partial charge >= 0.3 is 0 Å². The molecule has 2 aromatic carbocycles. The lowest BCUT2D eigenvalue weighted by atomic mass is 10.0. The Bertz CT molecular complexity index is 905. The number of carbonyl (C=O) groups is 1. The monoisotopic (exact) mass is 437 g/mol. The van der Waals surface area contributed by atoms with Crippen LogP contribution in [0.5, 0.6) is 5.75 Å². The standard InChI is InChI=1S/C25H35N5O2/c1-26-25(27-17-19-11-13-20(14-12-19)24(31)29(2)3)28-18-22(30-15-7-8-16-30)21-9-5-6-10-23(21)32-4/h5-6,9-14,22H,7-8,15-18H2,1-4H3,(H2,26,27,28). The Kier molecular flexibility index (Phi) is 8.50. The third-order valence-corrected chi connectivity index (χ3v) is 5.83. The second-order valence-electron chi connectivity index (χ2n) is 8.20. The minimum Gasteiger partial charge on any atom is -0.496 e. The predicted octanol–water partition coefficient (Wildman–Crippen LogP) is 2.90. The summed E-state index contributed by atoms with van der Waals surface area (Å²) in [4.78, 5) is 20.5. The maximum Gasteiger partial charge on any atom is 0.253 e. The molecule has 172 valence electrons. The molecule has 1 atom stereocenters. The van der Waals surface area contributed by atoms with Gasteiger partial charge < -0.3 is 20.3 Å². The highest BCUT2D eigenvalue weighted by Crippen LogP contribution is 2.31. The van der Waals surface area contributed by atoms with Gasteiger partial charge in [0.2, 0.25) is 0 Å². The number of likely N-dealkylation sites (tertiary alicyclic amines) is 1. The van der Waals surface area contributed by atoms with Gasteiger partial charge in [0.25, 0.3) is 5.91 Å². The van der Waals surface area contributed by atoms with E-state index in [0.29, 0.717) is 12.1 Å². The van der Waals surface area contributed by atoms with E-state index in [1.54, 1.807) is 33.2 Å². The van der Waals surface area contributed by atoms with E-state index < -0.39 is 0 Å². The lowest BCUT2D eigenvalue weighted by molar-refractivity contribution is 0.0827. The lowest BCUT2D eigenvalue weighted by Gasteiger charge is -2.30. The van der Waals surface area contributed by atoms with E-state index in [-0.39, 0.29) is 11.9 Å². The summed E-state index contributed by atoms with van der Waals surface area (Å²) < 4.78 is 5.64. The van der Waals surface area contributed by atoms with Crippen LogP contribution in [-0.4, -0.2) is 69.6 Å². The van der Waals surface area contributed by atoms with E-state index in [2.05, 4.69) is 32.7 Å². The molecule has 7 heteroatoms. The number of benzene rings is 2. The van der Waals surface area contributed by atoms with E-state index >= 15 is 0 Å². The summed E-state index contributed by atoms with van der Waals surface area (Å²) in [6, 6.07) is 16.1. The number of rotatable bonds is 8. The van der Waals surface area contributed by atoms with Crippen molar-refractivity contribution in [3.8, 4) is 5.75 Å². The minimum atomic E-state index is 0.00581. The minimum absolute atomic E-state index is 0.00581. The van der Waals surface area contributed by atoms with Crippen molar-refractivity contribution in [1.82, 2.24) is 20.4 Å². The highest BCUT2D eigenvalue weighted by Gasteiger charge is 2.26. The first-order valence-electron chi connectivity index (χ1n) is 11.2. The molecule has 32 heavy (non-hydrogen) atoms. The number of nitrogens with one attached hydrogen (secondary N) is 2. The molecule has 2 aromatic rings. The fraction of sp³-hybridized carbons (Fsp3) is 0.440. The van der Waals surface area contributed by atoms with E-state index in [1.165, 1.54) is 18.4 Å². The van der Waals surface area contributed by atoms with Gasteiger partial charge in [-0.05, 0) is 49.7 Å². The number of para-hydroxylation sites is 1. The van der Waals surface area contributed by atoms with Gasteiger partial charge in [-0.3, -0.25) is 14.7 Å². The van der Waals surface area contributed by atoms with Crippen molar-refractivity contribution in [2.75, 3.05) is 47.9 Å². The van der Waals surface area contributed by atoms with Crippen LogP contribution in [0.25, 0.3) is 0 Å². The zero-order valence-electron chi connectivity index (χ0n) is 19.6. The van der Waals surface area contributed by atoms with Gasteiger partial charge in [-0.1, -0.05) is 30.3 Å². The highest BCUT2D eigenvalue weighted by molar-refractivity contribution is 5.93. The third-order valence-electron chi connectivity index (χ3n) is 5.83. The molecule has 2 N–H and O–H groups in total. The normalized spacial score (nSPS) is 15.3. The van der Waals surface area contributed by atoms with Gasteiger partial charge in [0.15, 0.2) is 5.96 Å².